The number of rotatable bonds is 15. The summed E-state index contributed by atoms with van der Waals surface area (Å²) in [4.78, 5) is 48.6. The van der Waals surface area contributed by atoms with E-state index in [1.165, 1.54) is 12.1 Å². The van der Waals surface area contributed by atoms with Crippen LogP contribution in [0, 0.1) is 5.92 Å². The molecule has 0 bridgehead atoms. The highest BCUT2D eigenvalue weighted by molar-refractivity contribution is 5.76. The first-order valence-electron chi connectivity index (χ1n) is 13.4. The molecule has 0 saturated heterocycles. The lowest BCUT2D eigenvalue weighted by molar-refractivity contribution is -0.158. The molecule has 1 aromatic rings. The number of carbonyl (C=O) groups excluding carboxylic acids is 4. The van der Waals surface area contributed by atoms with Gasteiger partial charge in [-0.05, 0) is 70.1 Å². The maximum atomic E-state index is 12.4. The van der Waals surface area contributed by atoms with E-state index in [1.54, 1.807) is 26.8 Å². The normalized spacial score (nSPS) is 14.0. The molecule has 39 heavy (non-hydrogen) atoms. The molecule has 1 aromatic carbocycles. The Morgan fingerprint density at radius 2 is 1.36 bits per heavy atom. The standard InChI is InChI=1S/C28H43NO10/c1-8-18(5)36-27(32)38-23-12-11-21(15-24(23)39-28(33)37-19(6)9-2)14-22(29)26(31)34-16-20(7)35-25(30)13-10-17(3)4/h11-12,15,17-20,22H,8-10,13-14,16,29H2,1-7H3/t18?,19?,20-,22-/m0/s1. The maximum absolute atomic E-state index is 12.4. The largest absolute Gasteiger partial charge is 0.514 e. The van der Waals surface area contributed by atoms with Gasteiger partial charge in [0.1, 0.15) is 31.0 Å². The third-order valence-corrected chi connectivity index (χ3v) is 5.62. The van der Waals surface area contributed by atoms with Crippen LogP contribution in [0.1, 0.15) is 79.7 Å². The first-order chi connectivity index (χ1) is 18.3. The second kappa shape index (κ2) is 17.3. The van der Waals surface area contributed by atoms with Crippen molar-refractivity contribution in [3.63, 3.8) is 0 Å². The lowest BCUT2D eigenvalue weighted by atomic mass is 10.1. The highest BCUT2D eigenvalue weighted by Gasteiger charge is 2.22. The molecule has 0 aromatic heterocycles. The zero-order chi connectivity index (χ0) is 29.5. The fourth-order valence-corrected chi connectivity index (χ4v) is 2.93. The summed E-state index contributed by atoms with van der Waals surface area (Å²) in [5, 5.41) is 0. The molecule has 0 aliphatic rings. The monoisotopic (exact) mass is 553 g/mol. The molecule has 0 spiro atoms. The van der Waals surface area contributed by atoms with Gasteiger partial charge in [0.05, 0.1) is 0 Å². The Bertz CT molecular complexity index is 948. The predicted molar refractivity (Wildman–Crippen MR) is 142 cm³/mol. The molecule has 0 amide bonds. The van der Waals surface area contributed by atoms with E-state index in [1.807, 2.05) is 27.7 Å². The fraction of sp³-hybridized carbons (Fsp3) is 0.643. The van der Waals surface area contributed by atoms with Crippen LogP contribution in [0.2, 0.25) is 0 Å². The van der Waals surface area contributed by atoms with Crippen LogP contribution in [0.15, 0.2) is 18.2 Å². The van der Waals surface area contributed by atoms with Crippen LogP contribution in [0.25, 0.3) is 0 Å². The Balaban J connectivity index is 2.85. The van der Waals surface area contributed by atoms with Crippen LogP contribution in [0.3, 0.4) is 0 Å². The average molecular weight is 554 g/mol. The smallest absolute Gasteiger partial charge is 0.461 e. The van der Waals surface area contributed by atoms with E-state index in [4.69, 9.17) is 34.2 Å². The zero-order valence-corrected chi connectivity index (χ0v) is 24.0. The van der Waals surface area contributed by atoms with Crippen molar-refractivity contribution in [3.8, 4) is 11.5 Å². The highest BCUT2D eigenvalue weighted by Crippen LogP contribution is 2.30. The summed E-state index contributed by atoms with van der Waals surface area (Å²) in [5.74, 6) is -0.858. The molecule has 220 valence electrons. The predicted octanol–water partition coefficient (Wildman–Crippen LogP) is 5.10. The minimum atomic E-state index is -1.06. The van der Waals surface area contributed by atoms with Gasteiger partial charge in [0.2, 0.25) is 0 Å². The number of nitrogens with two attached hydrogens (primary N) is 1. The lowest BCUT2D eigenvalue weighted by Crippen LogP contribution is -2.36. The van der Waals surface area contributed by atoms with Gasteiger partial charge in [-0.2, -0.15) is 0 Å². The molecule has 2 unspecified atom stereocenters. The summed E-state index contributed by atoms with van der Waals surface area (Å²) >= 11 is 0. The molecule has 11 heteroatoms. The second-order valence-corrected chi connectivity index (χ2v) is 9.83. The molecule has 1 rings (SSSR count). The molecule has 0 aliphatic heterocycles. The van der Waals surface area contributed by atoms with Gasteiger partial charge in [-0.3, -0.25) is 9.59 Å². The summed E-state index contributed by atoms with van der Waals surface area (Å²) < 4.78 is 31.2. The average Bonchev–Trinajstić information content (AvgIpc) is 2.87. The summed E-state index contributed by atoms with van der Waals surface area (Å²) in [6.07, 6.45) is -1.14. The molecular formula is C28H43NO10. The van der Waals surface area contributed by atoms with E-state index in [-0.39, 0.29) is 42.7 Å². The SMILES string of the molecule is CCC(C)OC(=O)Oc1ccc(C[C@H](N)C(=O)OC[C@H](C)OC(=O)CCC(C)C)cc1OC(=O)OC(C)CC. The number of carbonyl (C=O) groups is 4. The number of hydrogen-bond acceptors (Lipinski definition) is 11. The van der Waals surface area contributed by atoms with Gasteiger partial charge in [0, 0.05) is 6.42 Å². The minimum absolute atomic E-state index is 0.0236. The number of esters is 2. The fourth-order valence-electron chi connectivity index (χ4n) is 2.93. The highest BCUT2D eigenvalue weighted by atomic mass is 16.7. The summed E-state index contributed by atoms with van der Waals surface area (Å²) in [7, 11) is 0. The molecule has 0 aliphatic carbocycles. The van der Waals surface area contributed by atoms with Gasteiger partial charge in [-0.25, -0.2) is 9.59 Å². The van der Waals surface area contributed by atoms with Crippen LogP contribution in [0.5, 0.6) is 11.5 Å². The molecule has 0 saturated carbocycles. The van der Waals surface area contributed by atoms with E-state index in [0.717, 1.165) is 0 Å². The van der Waals surface area contributed by atoms with E-state index < -0.39 is 30.4 Å². The summed E-state index contributed by atoms with van der Waals surface area (Å²) in [6, 6.07) is 3.31. The maximum Gasteiger partial charge on any atom is 0.514 e. The van der Waals surface area contributed by atoms with Crippen molar-refractivity contribution in [2.24, 2.45) is 11.7 Å². The van der Waals surface area contributed by atoms with Gasteiger partial charge in [0.25, 0.3) is 0 Å². The lowest BCUT2D eigenvalue weighted by Gasteiger charge is -2.17. The van der Waals surface area contributed by atoms with Crippen molar-refractivity contribution in [2.75, 3.05) is 6.61 Å². The molecule has 0 radical (unpaired) electrons. The summed E-state index contributed by atoms with van der Waals surface area (Å²) in [6.45, 7) is 12.6. The van der Waals surface area contributed by atoms with Crippen LogP contribution >= 0.6 is 0 Å². The Morgan fingerprint density at radius 1 is 0.795 bits per heavy atom. The number of ether oxygens (including phenoxy) is 6. The molecule has 0 fully saturated rings. The van der Waals surface area contributed by atoms with Crippen molar-refractivity contribution >= 4 is 24.2 Å². The van der Waals surface area contributed by atoms with E-state index in [9.17, 15) is 19.2 Å². The van der Waals surface area contributed by atoms with Gasteiger partial charge >= 0.3 is 24.2 Å². The Hall–Kier alpha value is -3.34. The van der Waals surface area contributed by atoms with Gasteiger partial charge in [-0.1, -0.05) is 33.8 Å². The van der Waals surface area contributed by atoms with E-state index in [0.29, 0.717) is 37.2 Å². The quantitative estimate of drug-likeness (QED) is 0.176. The Morgan fingerprint density at radius 3 is 1.90 bits per heavy atom. The first-order valence-corrected chi connectivity index (χ1v) is 13.4. The minimum Gasteiger partial charge on any atom is -0.461 e. The van der Waals surface area contributed by atoms with Crippen molar-refractivity contribution < 1.29 is 47.6 Å². The molecule has 2 N–H and O–H groups in total. The van der Waals surface area contributed by atoms with Gasteiger partial charge in [-0.15, -0.1) is 0 Å². The molecule has 11 nitrogen and oxygen atoms in total. The molecule has 0 heterocycles. The zero-order valence-electron chi connectivity index (χ0n) is 24.0. The van der Waals surface area contributed by atoms with Crippen LogP contribution < -0.4 is 15.2 Å². The van der Waals surface area contributed by atoms with Crippen LogP contribution in [-0.4, -0.2) is 55.2 Å². The van der Waals surface area contributed by atoms with E-state index >= 15 is 0 Å². The van der Waals surface area contributed by atoms with E-state index in [2.05, 4.69) is 0 Å². The van der Waals surface area contributed by atoms with Crippen molar-refractivity contribution in [3.05, 3.63) is 23.8 Å². The summed E-state index contributed by atoms with van der Waals surface area (Å²) in [5.41, 5.74) is 6.52. The number of benzene rings is 1. The topological polar surface area (TPSA) is 150 Å². The van der Waals surface area contributed by atoms with Crippen molar-refractivity contribution in [1.82, 2.24) is 0 Å². The second-order valence-electron chi connectivity index (χ2n) is 9.83. The third kappa shape index (κ3) is 13.9. The van der Waals surface area contributed by atoms with Crippen LogP contribution in [-0.2, 0) is 35.0 Å². The Labute approximate surface area is 230 Å². The first kappa shape index (κ1) is 33.7. The molecule has 4 atom stereocenters. The Kier molecular flexibility index (Phi) is 14.9. The van der Waals surface area contributed by atoms with Gasteiger partial charge < -0.3 is 34.2 Å². The van der Waals surface area contributed by atoms with Crippen molar-refractivity contribution in [2.45, 2.75) is 105 Å². The molecular weight excluding hydrogens is 510 g/mol. The third-order valence-electron chi connectivity index (χ3n) is 5.62. The van der Waals surface area contributed by atoms with Crippen LogP contribution in [0.4, 0.5) is 9.59 Å². The van der Waals surface area contributed by atoms with Gasteiger partial charge in [0.15, 0.2) is 11.5 Å². The van der Waals surface area contributed by atoms with Crippen molar-refractivity contribution in [1.29, 1.82) is 0 Å². The number of hydrogen-bond donors (Lipinski definition) is 1.